The van der Waals surface area contributed by atoms with E-state index >= 15 is 0 Å². The van der Waals surface area contributed by atoms with Gasteiger partial charge in [-0.15, -0.1) is 0 Å². The van der Waals surface area contributed by atoms with Crippen LogP contribution in [0.1, 0.15) is 24.5 Å². The lowest BCUT2D eigenvalue weighted by Gasteiger charge is -2.14. The van der Waals surface area contributed by atoms with Crippen molar-refractivity contribution in [2.24, 2.45) is 0 Å². The Labute approximate surface area is 155 Å². The minimum atomic E-state index is 0.485. The Bertz CT molecular complexity index is 632. The number of hydrogen-bond acceptors (Lipinski definition) is 4. The van der Waals surface area contributed by atoms with E-state index in [-0.39, 0.29) is 0 Å². The first kappa shape index (κ1) is 19.6. The topological polar surface area (TPSA) is 42.5 Å². The van der Waals surface area contributed by atoms with Crippen LogP contribution in [-0.4, -0.2) is 26.7 Å². The molecule has 2 rings (SSSR count). The van der Waals surface area contributed by atoms with Crippen LogP contribution in [0.3, 0.4) is 0 Å². The summed E-state index contributed by atoms with van der Waals surface area (Å²) in [4.78, 5) is 0. The Morgan fingerprint density at radius 3 is 2.40 bits per heavy atom. The molecule has 0 bridgehead atoms. The molecule has 0 saturated heterocycles. The number of benzene rings is 2. The van der Waals surface area contributed by atoms with Crippen molar-refractivity contribution in [3.8, 4) is 11.5 Å². The molecule has 0 heterocycles. The molecule has 0 aromatic heterocycles. The van der Waals surface area contributed by atoms with Gasteiger partial charge in [0.25, 0.3) is 0 Å². The highest BCUT2D eigenvalue weighted by atomic mass is 35.5. The molecule has 25 heavy (non-hydrogen) atoms. The lowest BCUT2D eigenvalue weighted by atomic mass is 10.2. The van der Waals surface area contributed by atoms with Gasteiger partial charge >= 0.3 is 0 Å². The highest BCUT2D eigenvalue weighted by molar-refractivity contribution is 6.30. The van der Waals surface area contributed by atoms with Crippen molar-refractivity contribution < 1.29 is 9.47 Å². The molecular formula is C20H27ClN2O2. The van der Waals surface area contributed by atoms with E-state index in [0.29, 0.717) is 13.2 Å². The predicted octanol–water partition coefficient (Wildman–Crippen LogP) is 4.02. The van der Waals surface area contributed by atoms with Gasteiger partial charge in [-0.3, -0.25) is 0 Å². The molecule has 136 valence electrons. The molecule has 0 fully saturated rings. The zero-order valence-corrected chi connectivity index (χ0v) is 15.7. The summed E-state index contributed by atoms with van der Waals surface area (Å²) in [6.07, 6.45) is 1.11. The first-order chi connectivity index (χ1) is 12.2. The molecule has 0 radical (unpaired) electrons. The molecule has 0 aliphatic carbocycles. The Balaban J connectivity index is 1.93. The SMILES string of the molecule is CCOc1cc(CNCCCNC)ccc1OCc1ccc(Cl)cc1. The van der Waals surface area contributed by atoms with Crippen molar-refractivity contribution in [1.82, 2.24) is 10.6 Å². The van der Waals surface area contributed by atoms with Gasteiger partial charge in [0, 0.05) is 11.6 Å². The zero-order chi connectivity index (χ0) is 17.9. The maximum absolute atomic E-state index is 5.93. The average molecular weight is 363 g/mol. The summed E-state index contributed by atoms with van der Waals surface area (Å²) in [5.74, 6) is 1.54. The number of rotatable bonds is 11. The molecule has 2 aromatic carbocycles. The van der Waals surface area contributed by atoms with Crippen LogP contribution in [0.4, 0.5) is 0 Å². The van der Waals surface area contributed by atoms with Gasteiger partial charge in [0.05, 0.1) is 6.61 Å². The Morgan fingerprint density at radius 1 is 0.920 bits per heavy atom. The van der Waals surface area contributed by atoms with Crippen LogP contribution >= 0.6 is 11.6 Å². The minimum Gasteiger partial charge on any atom is -0.490 e. The fourth-order valence-electron chi connectivity index (χ4n) is 2.41. The number of hydrogen-bond donors (Lipinski definition) is 2. The maximum atomic E-state index is 5.93. The van der Waals surface area contributed by atoms with Gasteiger partial charge in [-0.1, -0.05) is 29.8 Å². The van der Waals surface area contributed by atoms with Crippen LogP contribution in [0, 0.1) is 0 Å². The van der Waals surface area contributed by atoms with E-state index in [4.69, 9.17) is 21.1 Å². The number of nitrogens with one attached hydrogen (secondary N) is 2. The van der Waals surface area contributed by atoms with E-state index in [1.54, 1.807) is 0 Å². The molecule has 5 heteroatoms. The second-order valence-electron chi connectivity index (χ2n) is 5.76. The zero-order valence-electron chi connectivity index (χ0n) is 15.0. The summed E-state index contributed by atoms with van der Waals surface area (Å²) in [5, 5.41) is 7.31. The fraction of sp³-hybridized carbons (Fsp3) is 0.400. The molecule has 0 saturated carbocycles. The van der Waals surface area contributed by atoms with Crippen molar-refractivity contribution in [3.05, 3.63) is 58.6 Å². The van der Waals surface area contributed by atoms with Gasteiger partial charge in [-0.25, -0.2) is 0 Å². The molecule has 0 amide bonds. The van der Waals surface area contributed by atoms with Gasteiger partial charge in [-0.05, 0) is 68.9 Å². The fourth-order valence-corrected chi connectivity index (χ4v) is 2.54. The molecule has 0 aliphatic heterocycles. The summed E-state index contributed by atoms with van der Waals surface area (Å²) in [6, 6.07) is 13.8. The Hall–Kier alpha value is -1.75. The molecular weight excluding hydrogens is 336 g/mol. The van der Waals surface area contributed by atoms with Crippen LogP contribution in [-0.2, 0) is 13.2 Å². The van der Waals surface area contributed by atoms with Gasteiger partial charge in [0.15, 0.2) is 11.5 Å². The Kier molecular flexibility index (Phi) is 8.60. The third kappa shape index (κ3) is 6.94. The highest BCUT2D eigenvalue weighted by Gasteiger charge is 2.07. The molecule has 2 N–H and O–H groups in total. The van der Waals surface area contributed by atoms with Crippen LogP contribution in [0.15, 0.2) is 42.5 Å². The quantitative estimate of drug-likeness (QED) is 0.592. The van der Waals surface area contributed by atoms with Gasteiger partial charge in [0.2, 0.25) is 0 Å². The molecule has 0 spiro atoms. The van der Waals surface area contributed by atoms with Crippen molar-refractivity contribution >= 4 is 11.6 Å². The normalized spacial score (nSPS) is 10.7. The smallest absolute Gasteiger partial charge is 0.161 e. The molecule has 2 aromatic rings. The molecule has 0 atom stereocenters. The Morgan fingerprint density at radius 2 is 1.68 bits per heavy atom. The summed E-state index contributed by atoms with van der Waals surface area (Å²) in [7, 11) is 1.97. The van der Waals surface area contributed by atoms with Crippen molar-refractivity contribution in [3.63, 3.8) is 0 Å². The van der Waals surface area contributed by atoms with E-state index in [9.17, 15) is 0 Å². The highest BCUT2D eigenvalue weighted by Crippen LogP contribution is 2.29. The summed E-state index contributed by atoms with van der Waals surface area (Å²) in [5.41, 5.74) is 2.26. The monoisotopic (exact) mass is 362 g/mol. The second-order valence-corrected chi connectivity index (χ2v) is 6.20. The standard InChI is InChI=1S/C20H27ClN2O2/c1-3-24-20-13-17(14-23-12-4-11-22-2)7-10-19(20)25-15-16-5-8-18(21)9-6-16/h5-10,13,22-23H,3-4,11-12,14-15H2,1-2H3. The number of halogens is 1. The van der Waals surface area contributed by atoms with E-state index in [1.165, 1.54) is 5.56 Å². The van der Waals surface area contributed by atoms with E-state index in [0.717, 1.165) is 48.1 Å². The lowest BCUT2D eigenvalue weighted by molar-refractivity contribution is 0.269. The first-order valence-electron chi connectivity index (χ1n) is 8.71. The third-order valence-electron chi connectivity index (χ3n) is 3.73. The van der Waals surface area contributed by atoms with Crippen LogP contribution in [0.25, 0.3) is 0 Å². The van der Waals surface area contributed by atoms with Crippen LogP contribution in [0.2, 0.25) is 5.02 Å². The predicted molar refractivity (Wildman–Crippen MR) is 104 cm³/mol. The summed E-state index contributed by atoms with van der Waals surface area (Å²) in [6.45, 7) is 5.90. The van der Waals surface area contributed by atoms with Crippen molar-refractivity contribution in [1.29, 1.82) is 0 Å². The second kappa shape index (κ2) is 11.0. The van der Waals surface area contributed by atoms with Gasteiger partial charge in [0.1, 0.15) is 6.61 Å². The van der Waals surface area contributed by atoms with Gasteiger partial charge < -0.3 is 20.1 Å². The van der Waals surface area contributed by atoms with E-state index in [1.807, 2.05) is 50.4 Å². The molecule has 0 unspecified atom stereocenters. The van der Waals surface area contributed by atoms with E-state index in [2.05, 4.69) is 16.7 Å². The molecule has 4 nitrogen and oxygen atoms in total. The molecule has 0 aliphatic rings. The third-order valence-corrected chi connectivity index (χ3v) is 3.98. The van der Waals surface area contributed by atoms with Crippen LogP contribution in [0.5, 0.6) is 11.5 Å². The largest absolute Gasteiger partial charge is 0.490 e. The van der Waals surface area contributed by atoms with E-state index < -0.39 is 0 Å². The maximum Gasteiger partial charge on any atom is 0.161 e. The summed E-state index contributed by atoms with van der Waals surface area (Å²) >= 11 is 5.91. The minimum absolute atomic E-state index is 0.485. The van der Waals surface area contributed by atoms with Gasteiger partial charge in [-0.2, -0.15) is 0 Å². The van der Waals surface area contributed by atoms with Crippen molar-refractivity contribution in [2.75, 3.05) is 26.7 Å². The first-order valence-corrected chi connectivity index (χ1v) is 9.09. The number of ether oxygens (including phenoxy) is 2. The lowest BCUT2D eigenvalue weighted by Crippen LogP contribution is -2.19. The average Bonchev–Trinajstić information content (AvgIpc) is 2.62. The van der Waals surface area contributed by atoms with Crippen molar-refractivity contribution in [2.45, 2.75) is 26.5 Å². The summed E-state index contributed by atoms with van der Waals surface area (Å²) < 4.78 is 11.7. The van der Waals surface area contributed by atoms with Crippen LogP contribution < -0.4 is 20.1 Å².